The lowest BCUT2D eigenvalue weighted by molar-refractivity contribution is 0.0985. The molecule has 0 heterocycles. The van der Waals surface area contributed by atoms with Gasteiger partial charge in [-0.15, -0.1) is 0 Å². The van der Waals surface area contributed by atoms with E-state index in [0.29, 0.717) is 17.0 Å². The number of carbonyl (C=O) groups excluding carboxylic acids is 1. The van der Waals surface area contributed by atoms with Crippen molar-refractivity contribution >= 4 is 27.3 Å². The molecule has 0 aromatic heterocycles. The van der Waals surface area contributed by atoms with Crippen molar-refractivity contribution in [3.8, 4) is 5.75 Å². The minimum Gasteiger partial charge on any atom is -0.497 e. The lowest BCUT2D eigenvalue weighted by Gasteiger charge is -2.23. The number of methoxy groups -OCH3 is 1. The highest BCUT2D eigenvalue weighted by atomic mass is 32.2. The summed E-state index contributed by atoms with van der Waals surface area (Å²) < 4.78 is 30.1. The predicted molar refractivity (Wildman–Crippen MR) is 97.7 cm³/mol. The molecule has 25 heavy (non-hydrogen) atoms. The number of hydrogen-bond acceptors (Lipinski definition) is 4. The molecule has 0 atom stereocenters. The van der Waals surface area contributed by atoms with Gasteiger partial charge in [0.1, 0.15) is 5.75 Å². The first-order valence-corrected chi connectivity index (χ1v) is 9.82. The van der Waals surface area contributed by atoms with Crippen LogP contribution in [0.15, 0.2) is 48.5 Å². The van der Waals surface area contributed by atoms with Gasteiger partial charge in [-0.05, 0) is 61.4 Å². The second kappa shape index (κ2) is 6.76. The molecule has 1 aliphatic rings. The maximum absolute atomic E-state index is 12.9. The first-order valence-electron chi connectivity index (χ1n) is 7.93. The van der Waals surface area contributed by atoms with Gasteiger partial charge in [0.15, 0.2) is 0 Å². The third kappa shape index (κ3) is 4.30. The lowest BCUT2D eigenvalue weighted by Crippen LogP contribution is -2.33. The number of hydrogen-bond donors (Lipinski definition) is 1. The molecule has 0 aliphatic heterocycles. The van der Waals surface area contributed by atoms with Gasteiger partial charge in [-0.3, -0.25) is 9.52 Å². The van der Waals surface area contributed by atoms with Gasteiger partial charge < -0.3 is 9.64 Å². The highest BCUT2D eigenvalue weighted by Crippen LogP contribution is 2.34. The third-order valence-corrected chi connectivity index (χ3v) is 4.52. The van der Waals surface area contributed by atoms with E-state index < -0.39 is 10.0 Å². The van der Waals surface area contributed by atoms with Crippen LogP contribution in [0.3, 0.4) is 0 Å². The number of benzene rings is 2. The van der Waals surface area contributed by atoms with E-state index in [1.807, 2.05) is 0 Å². The smallest absolute Gasteiger partial charge is 0.258 e. The molecule has 1 fully saturated rings. The van der Waals surface area contributed by atoms with Crippen LogP contribution < -0.4 is 14.4 Å². The summed E-state index contributed by atoms with van der Waals surface area (Å²) >= 11 is 0. The molecule has 0 radical (unpaired) electrons. The van der Waals surface area contributed by atoms with Gasteiger partial charge in [0.25, 0.3) is 5.91 Å². The fourth-order valence-electron chi connectivity index (χ4n) is 2.60. The number of carbonyl (C=O) groups is 1. The molecule has 0 spiro atoms. The molecule has 6 nitrogen and oxygen atoms in total. The Kier molecular flexibility index (Phi) is 4.67. The fraction of sp³-hybridized carbons (Fsp3) is 0.278. The van der Waals surface area contributed by atoms with E-state index in [1.54, 1.807) is 60.5 Å². The molecule has 0 unspecified atom stereocenters. The van der Waals surface area contributed by atoms with Gasteiger partial charge in [0, 0.05) is 23.0 Å². The zero-order valence-electron chi connectivity index (χ0n) is 14.1. The van der Waals surface area contributed by atoms with E-state index >= 15 is 0 Å². The monoisotopic (exact) mass is 360 g/mol. The summed E-state index contributed by atoms with van der Waals surface area (Å²) in [7, 11) is -1.74. The van der Waals surface area contributed by atoms with Crippen molar-refractivity contribution in [2.75, 3.05) is 23.0 Å². The Balaban J connectivity index is 1.84. The van der Waals surface area contributed by atoms with Crippen LogP contribution in [-0.4, -0.2) is 33.7 Å². The standard InChI is InChI=1S/C18H20N2O4S/c1-24-17-11-3-13(4-12-17)18(21)20(16-9-10-16)15-7-5-14(6-8-15)19-25(2,22)23/h3-8,11-12,16,19H,9-10H2,1-2H3. The van der Waals surface area contributed by atoms with Gasteiger partial charge in [-0.2, -0.15) is 0 Å². The Bertz CT molecular complexity index is 857. The third-order valence-electron chi connectivity index (χ3n) is 3.92. The maximum atomic E-state index is 12.9. The van der Waals surface area contributed by atoms with Gasteiger partial charge in [-0.1, -0.05) is 0 Å². The van der Waals surface area contributed by atoms with Crippen LogP contribution in [-0.2, 0) is 10.0 Å². The van der Waals surface area contributed by atoms with E-state index in [9.17, 15) is 13.2 Å². The van der Waals surface area contributed by atoms with Crippen molar-refractivity contribution < 1.29 is 17.9 Å². The number of nitrogens with zero attached hydrogens (tertiary/aromatic N) is 1. The zero-order chi connectivity index (χ0) is 18.0. The van der Waals surface area contributed by atoms with Crippen LogP contribution in [0.25, 0.3) is 0 Å². The van der Waals surface area contributed by atoms with Crippen molar-refractivity contribution in [3.63, 3.8) is 0 Å². The molecule has 1 saturated carbocycles. The van der Waals surface area contributed by atoms with Gasteiger partial charge in [0.05, 0.1) is 13.4 Å². The largest absolute Gasteiger partial charge is 0.497 e. The highest BCUT2D eigenvalue weighted by Gasteiger charge is 2.34. The number of sulfonamides is 1. The summed E-state index contributed by atoms with van der Waals surface area (Å²) in [5.74, 6) is 0.625. The second-order valence-electron chi connectivity index (χ2n) is 6.06. The molecule has 0 saturated heterocycles. The molecule has 2 aromatic rings. The Hall–Kier alpha value is -2.54. The van der Waals surface area contributed by atoms with Crippen LogP contribution in [0.1, 0.15) is 23.2 Å². The lowest BCUT2D eigenvalue weighted by atomic mass is 10.1. The Morgan fingerprint density at radius 3 is 2.16 bits per heavy atom. The van der Waals surface area contributed by atoms with Crippen molar-refractivity contribution in [2.24, 2.45) is 0 Å². The molecule has 1 aliphatic carbocycles. The first kappa shape index (κ1) is 17.3. The SMILES string of the molecule is COc1ccc(C(=O)N(c2ccc(NS(C)(=O)=O)cc2)C2CC2)cc1. The van der Waals surface area contributed by atoms with E-state index in [4.69, 9.17) is 4.74 Å². The zero-order valence-corrected chi connectivity index (χ0v) is 14.9. The van der Waals surface area contributed by atoms with Gasteiger partial charge in [0.2, 0.25) is 10.0 Å². The predicted octanol–water partition coefficient (Wildman–Crippen LogP) is 2.88. The van der Waals surface area contributed by atoms with Crippen LogP contribution in [0.2, 0.25) is 0 Å². The summed E-state index contributed by atoms with van der Waals surface area (Å²) in [5, 5.41) is 0. The molecule has 0 bridgehead atoms. The quantitative estimate of drug-likeness (QED) is 0.859. The summed E-state index contributed by atoms with van der Waals surface area (Å²) in [6, 6.07) is 14.0. The minimum absolute atomic E-state index is 0.0750. The van der Waals surface area contributed by atoms with Crippen LogP contribution in [0.5, 0.6) is 5.75 Å². The van der Waals surface area contributed by atoms with Crippen molar-refractivity contribution in [1.29, 1.82) is 0 Å². The van der Waals surface area contributed by atoms with Crippen LogP contribution in [0.4, 0.5) is 11.4 Å². The minimum atomic E-state index is -3.32. The highest BCUT2D eigenvalue weighted by molar-refractivity contribution is 7.92. The summed E-state index contributed by atoms with van der Waals surface area (Å²) in [6.45, 7) is 0. The Morgan fingerprint density at radius 2 is 1.68 bits per heavy atom. The normalized spacial score (nSPS) is 14.0. The molecule has 132 valence electrons. The molecule has 7 heteroatoms. The average molecular weight is 360 g/mol. The number of anilines is 2. The molecular weight excluding hydrogens is 340 g/mol. The van der Waals surface area contributed by atoms with Crippen molar-refractivity contribution in [1.82, 2.24) is 0 Å². The fourth-order valence-corrected chi connectivity index (χ4v) is 3.17. The van der Waals surface area contributed by atoms with Gasteiger partial charge in [-0.25, -0.2) is 8.42 Å². The number of rotatable bonds is 6. The molecule has 1 N–H and O–H groups in total. The average Bonchev–Trinajstić information content (AvgIpc) is 3.40. The number of amides is 1. The second-order valence-corrected chi connectivity index (χ2v) is 7.80. The summed E-state index contributed by atoms with van der Waals surface area (Å²) in [6.07, 6.45) is 3.03. The first-order chi connectivity index (χ1) is 11.9. The van der Waals surface area contributed by atoms with Gasteiger partial charge >= 0.3 is 0 Å². The van der Waals surface area contributed by atoms with Crippen LogP contribution in [0, 0.1) is 0 Å². The maximum Gasteiger partial charge on any atom is 0.258 e. The molecule has 1 amide bonds. The number of nitrogens with one attached hydrogen (secondary N) is 1. The van der Waals surface area contributed by atoms with E-state index in [-0.39, 0.29) is 11.9 Å². The van der Waals surface area contributed by atoms with E-state index in [2.05, 4.69) is 4.72 Å². The Labute approximate surface area is 147 Å². The summed E-state index contributed by atoms with van der Waals surface area (Å²) in [4.78, 5) is 14.7. The van der Waals surface area contributed by atoms with Crippen LogP contribution >= 0.6 is 0 Å². The topological polar surface area (TPSA) is 75.7 Å². The number of ether oxygens (including phenoxy) is 1. The van der Waals surface area contributed by atoms with Crippen molar-refractivity contribution in [2.45, 2.75) is 18.9 Å². The molecule has 3 rings (SSSR count). The molecule has 2 aromatic carbocycles. The van der Waals surface area contributed by atoms with Crippen molar-refractivity contribution in [3.05, 3.63) is 54.1 Å². The molecular formula is C18H20N2O4S. The van der Waals surface area contributed by atoms with E-state index in [1.165, 1.54) is 0 Å². The summed E-state index contributed by atoms with van der Waals surface area (Å²) in [5.41, 5.74) is 1.81. The Morgan fingerprint density at radius 1 is 1.08 bits per heavy atom. The van der Waals surface area contributed by atoms with E-state index in [0.717, 1.165) is 24.8 Å².